The second kappa shape index (κ2) is 17.6. The van der Waals surface area contributed by atoms with Crippen LogP contribution in [0.1, 0.15) is 31.7 Å². The molecule has 1 unspecified atom stereocenters. The summed E-state index contributed by atoms with van der Waals surface area (Å²) in [5, 5.41) is 20.9. The molecule has 1 heterocycles. The minimum Gasteiger partial charge on any atom is -0.489 e. The fourth-order valence-corrected chi connectivity index (χ4v) is 4.02. The fourth-order valence-electron chi connectivity index (χ4n) is 4.02. The topological polar surface area (TPSA) is 199 Å². The van der Waals surface area contributed by atoms with Gasteiger partial charge in [0.1, 0.15) is 24.2 Å². The number of benzene rings is 2. The highest BCUT2D eigenvalue weighted by Crippen LogP contribution is 2.32. The number of ether oxygens (including phenoxy) is 2. The molecule has 0 aliphatic carbocycles. The van der Waals surface area contributed by atoms with Crippen LogP contribution >= 0.6 is 0 Å². The monoisotopic (exact) mass is 576 g/mol. The lowest BCUT2D eigenvalue weighted by Crippen LogP contribution is -2.34. The number of aliphatic carboxylic acids is 2. The normalized spacial score (nSPS) is 13.5. The van der Waals surface area contributed by atoms with Crippen molar-refractivity contribution in [3.8, 4) is 5.75 Å². The summed E-state index contributed by atoms with van der Waals surface area (Å²) in [5.74, 6) is -1.61. The molecule has 2 aromatic carbocycles. The Hall–Kier alpha value is -4.10. The van der Waals surface area contributed by atoms with Gasteiger partial charge in [-0.05, 0) is 56.0 Å². The Balaban J connectivity index is 0.000000415. The van der Waals surface area contributed by atoms with Crippen molar-refractivity contribution in [3.63, 3.8) is 0 Å². The van der Waals surface area contributed by atoms with Crippen LogP contribution in [0.5, 0.6) is 5.75 Å². The maximum absolute atomic E-state index is 13.3. The molecule has 0 amide bonds. The van der Waals surface area contributed by atoms with E-state index in [4.69, 9.17) is 31.8 Å². The number of nitrogens with zero attached hydrogens (tertiary/aromatic N) is 2. The van der Waals surface area contributed by atoms with E-state index in [9.17, 15) is 19.1 Å². The van der Waals surface area contributed by atoms with Crippen LogP contribution in [0, 0.1) is 5.82 Å². The van der Waals surface area contributed by atoms with Gasteiger partial charge in [0.25, 0.3) is 0 Å². The molecule has 41 heavy (non-hydrogen) atoms. The van der Waals surface area contributed by atoms with Crippen molar-refractivity contribution >= 4 is 29.3 Å². The summed E-state index contributed by atoms with van der Waals surface area (Å²) in [7, 11) is 0. The molecule has 1 aliphatic rings. The van der Waals surface area contributed by atoms with E-state index in [0.717, 1.165) is 43.0 Å². The predicted octanol–water partition coefficient (Wildman–Crippen LogP) is 2.01. The molecule has 0 fully saturated rings. The van der Waals surface area contributed by atoms with Crippen LogP contribution in [-0.4, -0.2) is 79.6 Å². The Morgan fingerprint density at radius 3 is 2.51 bits per heavy atom. The van der Waals surface area contributed by atoms with Gasteiger partial charge < -0.3 is 47.1 Å². The van der Waals surface area contributed by atoms with Crippen LogP contribution in [0.25, 0.3) is 0 Å². The fraction of sp³-hybridized carbons (Fsp3) is 0.464. The van der Waals surface area contributed by atoms with Crippen molar-refractivity contribution in [2.45, 2.75) is 44.8 Å². The number of anilines is 2. The van der Waals surface area contributed by atoms with Gasteiger partial charge in [0.15, 0.2) is 12.1 Å². The summed E-state index contributed by atoms with van der Waals surface area (Å²) in [6, 6.07) is 11.6. The van der Waals surface area contributed by atoms with Crippen LogP contribution in [0.4, 0.5) is 15.8 Å². The van der Waals surface area contributed by atoms with E-state index in [-0.39, 0.29) is 11.8 Å². The molecule has 13 heteroatoms. The van der Waals surface area contributed by atoms with Gasteiger partial charge in [0, 0.05) is 44.4 Å². The molecule has 2 aromatic rings. The zero-order valence-electron chi connectivity index (χ0n) is 23.3. The summed E-state index contributed by atoms with van der Waals surface area (Å²) in [5.41, 5.74) is 18.2. The summed E-state index contributed by atoms with van der Waals surface area (Å²) < 4.78 is 24.1. The van der Waals surface area contributed by atoms with Crippen LogP contribution in [0.3, 0.4) is 0 Å². The standard InChI is InChI=1S/C22H27FN2O4.C6H14N4O2/c1-2-28-21(22(26)27)14-16-4-7-18(8-5-16)24-10-3-11-25-12-13-29-20-15-17(23)6-9-19(20)25;7-4(5(11)12)2-1-3-10-6(8)9/h4-9,15,21,24H,2-3,10-14H2,1H3,(H,26,27);4H,1-3,7H2,(H,11,12)(H4,8,9,10)/t21-;/m0./s1. The third-order valence-corrected chi connectivity index (χ3v) is 6.12. The summed E-state index contributed by atoms with van der Waals surface area (Å²) >= 11 is 0. The molecule has 1 aliphatic heterocycles. The molecule has 0 bridgehead atoms. The van der Waals surface area contributed by atoms with Crippen molar-refractivity contribution in [2.24, 2.45) is 22.2 Å². The molecule has 226 valence electrons. The number of nitrogens with one attached hydrogen (secondary N) is 1. The number of rotatable bonds is 15. The molecule has 0 saturated heterocycles. The number of carbonyl (C=O) groups is 2. The molecular formula is C28H41FN6O6. The van der Waals surface area contributed by atoms with Crippen LogP contribution < -0.4 is 32.2 Å². The lowest BCUT2D eigenvalue weighted by molar-refractivity contribution is -0.150. The van der Waals surface area contributed by atoms with E-state index in [1.54, 1.807) is 13.0 Å². The zero-order valence-corrected chi connectivity index (χ0v) is 23.3. The van der Waals surface area contributed by atoms with Crippen LogP contribution in [0.2, 0.25) is 0 Å². The number of guanidine groups is 1. The quantitative estimate of drug-likeness (QED) is 0.103. The number of halogens is 1. The summed E-state index contributed by atoms with van der Waals surface area (Å²) in [6.07, 6.45) is 1.41. The van der Waals surface area contributed by atoms with E-state index < -0.39 is 24.1 Å². The van der Waals surface area contributed by atoms with Crippen LogP contribution in [0.15, 0.2) is 47.5 Å². The largest absolute Gasteiger partial charge is 0.489 e. The number of carboxylic acid groups (broad SMARTS) is 2. The second-order valence-corrected chi connectivity index (χ2v) is 9.30. The molecular weight excluding hydrogens is 535 g/mol. The Bertz CT molecular complexity index is 1130. The Labute approximate surface area is 239 Å². The number of nitrogens with two attached hydrogens (primary N) is 3. The van der Waals surface area contributed by atoms with E-state index in [1.165, 1.54) is 12.1 Å². The number of carboxylic acids is 2. The van der Waals surface area contributed by atoms with Gasteiger partial charge in [-0.3, -0.25) is 9.79 Å². The van der Waals surface area contributed by atoms with Gasteiger partial charge in [0.2, 0.25) is 0 Å². The molecule has 0 aromatic heterocycles. The third-order valence-electron chi connectivity index (χ3n) is 6.12. The molecule has 0 radical (unpaired) electrons. The van der Waals surface area contributed by atoms with Crippen molar-refractivity contribution in [2.75, 3.05) is 49.6 Å². The van der Waals surface area contributed by atoms with Gasteiger partial charge in [-0.2, -0.15) is 0 Å². The van der Waals surface area contributed by atoms with Crippen molar-refractivity contribution in [1.29, 1.82) is 0 Å². The van der Waals surface area contributed by atoms with E-state index in [2.05, 4.69) is 15.2 Å². The van der Waals surface area contributed by atoms with E-state index in [1.807, 2.05) is 24.3 Å². The first-order chi connectivity index (χ1) is 19.6. The minimum atomic E-state index is -1.00. The van der Waals surface area contributed by atoms with Gasteiger partial charge >= 0.3 is 11.9 Å². The molecule has 0 spiro atoms. The first-order valence-corrected chi connectivity index (χ1v) is 13.5. The first kappa shape index (κ1) is 33.1. The third kappa shape index (κ3) is 12.3. The van der Waals surface area contributed by atoms with Gasteiger partial charge in [-0.1, -0.05) is 12.1 Å². The lowest BCUT2D eigenvalue weighted by atomic mass is 10.1. The van der Waals surface area contributed by atoms with Crippen LogP contribution in [-0.2, 0) is 20.7 Å². The molecule has 3 rings (SSSR count). The number of aliphatic imine (C=N–C) groups is 1. The zero-order chi connectivity index (χ0) is 30.2. The minimum absolute atomic E-state index is 0.0129. The SMILES string of the molecule is CCO[C@@H](Cc1ccc(NCCCN2CCOc3cc(F)ccc32)cc1)C(=O)O.NC(N)=NCCCC(N)C(=O)O. The van der Waals surface area contributed by atoms with Gasteiger partial charge in [-0.25, -0.2) is 9.18 Å². The highest BCUT2D eigenvalue weighted by Gasteiger charge is 2.19. The summed E-state index contributed by atoms with van der Waals surface area (Å²) in [6.45, 7) is 5.58. The Morgan fingerprint density at radius 2 is 1.88 bits per heavy atom. The average Bonchev–Trinajstić information content (AvgIpc) is 2.93. The number of hydrogen-bond acceptors (Lipinski definition) is 8. The number of fused-ring (bicyclic) bond motifs is 1. The van der Waals surface area contributed by atoms with Crippen molar-refractivity contribution in [1.82, 2.24) is 0 Å². The highest BCUT2D eigenvalue weighted by atomic mass is 19.1. The van der Waals surface area contributed by atoms with Crippen molar-refractivity contribution in [3.05, 3.63) is 53.8 Å². The maximum Gasteiger partial charge on any atom is 0.333 e. The summed E-state index contributed by atoms with van der Waals surface area (Å²) in [4.78, 5) is 27.3. The Kier molecular flexibility index (Phi) is 14.2. The second-order valence-electron chi connectivity index (χ2n) is 9.30. The van der Waals surface area contributed by atoms with E-state index >= 15 is 0 Å². The van der Waals surface area contributed by atoms with Gasteiger partial charge in [-0.15, -0.1) is 0 Å². The lowest BCUT2D eigenvalue weighted by Gasteiger charge is -2.31. The molecule has 2 atom stereocenters. The Morgan fingerprint density at radius 1 is 1.15 bits per heavy atom. The average molecular weight is 577 g/mol. The first-order valence-electron chi connectivity index (χ1n) is 13.5. The molecule has 9 N–H and O–H groups in total. The molecule has 0 saturated carbocycles. The highest BCUT2D eigenvalue weighted by molar-refractivity contribution is 5.75. The smallest absolute Gasteiger partial charge is 0.333 e. The van der Waals surface area contributed by atoms with Gasteiger partial charge in [0.05, 0.1) is 12.2 Å². The predicted molar refractivity (Wildman–Crippen MR) is 156 cm³/mol. The van der Waals surface area contributed by atoms with E-state index in [0.29, 0.717) is 44.8 Å². The molecule has 12 nitrogen and oxygen atoms in total. The maximum atomic E-state index is 13.3. The van der Waals surface area contributed by atoms with Crippen molar-refractivity contribution < 1.29 is 33.7 Å². The number of hydrogen-bond donors (Lipinski definition) is 6.